The number of hydrogen-bond acceptors (Lipinski definition) is 2. The van der Waals surface area contributed by atoms with Gasteiger partial charge in [0.15, 0.2) is 5.03 Å². The monoisotopic (exact) mass is 290 g/mol. The highest BCUT2D eigenvalue weighted by Crippen LogP contribution is 2.25. The summed E-state index contributed by atoms with van der Waals surface area (Å²) in [6, 6.07) is 1.53. The van der Waals surface area contributed by atoms with Crippen molar-refractivity contribution >= 4 is 39.5 Å². The summed E-state index contributed by atoms with van der Waals surface area (Å²) >= 11 is 0.185. The summed E-state index contributed by atoms with van der Waals surface area (Å²) in [5.74, 6) is 0. The second kappa shape index (κ2) is 3.75. The summed E-state index contributed by atoms with van der Waals surface area (Å²) in [6.07, 6.45) is 1.88. The third-order valence-corrected chi connectivity index (χ3v) is 3.58. The van der Waals surface area contributed by atoms with Gasteiger partial charge >= 0.3 is 0 Å². The van der Waals surface area contributed by atoms with Gasteiger partial charge in [-0.05, 0) is 28.1 Å². The molecule has 1 heterocycles. The molecule has 1 rings (SSSR count). The minimum Gasteiger partial charge on any atom is -0.301 e. The Labute approximate surface area is 75.0 Å². The van der Waals surface area contributed by atoms with Gasteiger partial charge in [0.05, 0.1) is 12.6 Å². The standard InChI is InChI=1S/C3H4IN2O2PS/c4-9-6-3(10(7)8)1-2-5-6/h1-2,9H,(H,7,8). The van der Waals surface area contributed by atoms with Gasteiger partial charge in [-0.3, -0.25) is 0 Å². The summed E-state index contributed by atoms with van der Waals surface area (Å²) < 4.78 is 20.6. The molecule has 56 valence electrons. The van der Waals surface area contributed by atoms with E-state index in [1.165, 1.54) is 16.7 Å². The Balaban J connectivity index is 3.01. The maximum Gasteiger partial charge on any atom is 0.205 e. The minimum absolute atomic E-state index is 0.354. The summed E-state index contributed by atoms with van der Waals surface area (Å²) in [5, 5.41) is 4.18. The first-order valence-electron chi connectivity index (χ1n) is 2.27. The van der Waals surface area contributed by atoms with Crippen LogP contribution in [0.2, 0.25) is 0 Å². The van der Waals surface area contributed by atoms with Gasteiger partial charge in [-0.1, -0.05) is 0 Å². The Bertz CT molecular complexity index is 252. The molecule has 4 nitrogen and oxygen atoms in total. The summed E-state index contributed by atoms with van der Waals surface area (Å²) in [6.45, 7) is 0. The zero-order valence-electron chi connectivity index (χ0n) is 4.69. The topological polar surface area (TPSA) is 55.1 Å². The third-order valence-electron chi connectivity index (χ3n) is 0.867. The van der Waals surface area contributed by atoms with Crippen molar-refractivity contribution in [2.75, 3.05) is 0 Å². The molecule has 0 bridgehead atoms. The first kappa shape index (κ1) is 8.58. The van der Waals surface area contributed by atoms with Gasteiger partial charge in [0.2, 0.25) is 11.1 Å². The van der Waals surface area contributed by atoms with Crippen LogP contribution in [0.25, 0.3) is 0 Å². The maximum absolute atomic E-state index is 10.5. The van der Waals surface area contributed by atoms with E-state index in [4.69, 9.17) is 4.55 Å². The highest BCUT2D eigenvalue weighted by atomic mass is 127. The van der Waals surface area contributed by atoms with Crippen molar-refractivity contribution < 1.29 is 8.76 Å². The molecule has 2 atom stereocenters. The first-order valence-corrected chi connectivity index (χ1v) is 7.44. The molecular weight excluding hydrogens is 286 g/mol. The lowest BCUT2D eigenvalue weighted by Crippen LogP contribution is -1.94. The molecule has 0 aliphatic carbocycles. The lowest BCUT2D eigenvalue weighted by atomic mass is 10.8. The second-order valence-electron chi connectivity index (χ2n) is 1.41. The van der Waals surface area contributed by atoms with Gasteiger partial charge in [0.25, 0.3) is 0 Å². The molecule has 2 unspecified atom stereocenters. The molecule has 1 aromatic heterocycles. The van der Waals surface area contributed by atoms with Crippen LogP contribution in [0.1, 0.15) is 0 Å². The normalized spacial score (nSPS) is 14.6. The molecule has 0 aromatic carbocycles. The van der Waals surface area contributed by atoms with Gasteiger partial charge in [0, 0.05) is 0 Å². The molecule has 0 radical (unpaired) electrons. The molecule has 0 aliphatic rings. The predicted octanol–water partition coefficient (Wildman–Crippen LogP) is 1.26. The molecule has 0 aliphatic heterocycles. The molecular formula is C3H4IN2O2PS. The van der Waals surface area contributed by atoms with E-state index < -0.39 is 11.1 Å². The SMILES string of the molecule is O=S(O)c1ccnn1PI. The fourth-order valence-corrected chi connectivity index (χ4v) is 3.14. The van der Waals surface area contributed by atoms with Gasteiger partial charge in [-0.25, -0.2) is 8.66 Å². The van der Waals surface area contributed by atoms with Crippen molar-refractivity contribution in [3.8, 4) is 0 Å². The average Bonchev–Trinajstić information content (AvgIpc) is 2.33. The minimum atomic E-state index is -1.91. The van der Waals surface area contributed by atoms with Crippen molar-refractivity contribution in [2.24, 2.45) is 0 Å². The van der Waals surface area contributed by atoms with Crippen LogP contribution in [0.3, 0.4) is 0 Å². The van der Waals surface area contributed by atoms with Crippen LogP contribution < -0.4 is 0 Å². The highest BCUT2D eigenvalue weighted by Gasteiger charge is 2.05. The Morgan fingerprint density at radius 1 is 1.90 bits per heavy atom. The Hall–Kier alpha value is 0.480. The van der Waals surface area contributed by atoms with E-state index >= 15 is 0 Å². The van der Waals surface area contributed by atoms with Crippen LogP contribution >= 0.6 is 28.4 Å². The smallest absolute Gasteiger partial charge is 0.205 e. The molecule has 10 heavy (non-hydrogen) atoms. The lowest BCUT2D eigenvalue weighted by Gasteiger charge is -1.95. The van der Waals surface area contributed by atoms with E-state index in [-0.39, 0.29) is 0 Å². The Morgan fingerprint density at radius 2 is 2.60 bits per heavy atom. The summed E-state index contributed by atoms with van der Waals surface area (Å²) in [7, 11) is 0. The zero-order chi connectivity index (χ0) is 7.56. The van der Waals surface area contributed by atoms with Crippen molar-refractivity contribution in [3.63, 3.8) is 0 Å². The van der Waals surface area contributed by atoms with E-state index in [2.05, 4.69) is 27.1 Å². The molecule has 7 heteroatoms. The van der Waals surface area contributed by atoms with Crippen molar-refractivity contribution in [1.29, 1.82) is 0 Å². The molecule has 0 fully saturated rings. The summed E-state index contributed by atoms with van der Waals surface area (Å²) in [5.41, 5.74) is 0. The van der Waals surface area contributed by atoms with Crippen LogP contribution in [0.4, 0.5) is 0 Å². The van der Waals surface area contributed by atoms with E-state index in [0.717, 1.165) is 0 Å². The Morgan fingerprint density at radius 3 is 3.00 bits per heavy atom. The first-order chi connectivity index (χ1) is 4.75. The number of halogens is 1. The second-order valence-corrected chi connectivity index (χ2v) is 4.37. The van der Waals surface area contributed by atoms with Crippen molar-refractivity contribution in [3.05, 3.63) is 12.3 Å². The largest absolute Gasteiger partial charge is 0.301 e. The quantitative estimate of drug-likeness (QED) is 0.507. The maximum atomic E-state index is 10.5. The van der Waals surface area contributed by atoms with Gasteiger partial charge < -0.3 is 4.55 Å². The van der Waals surface area contributed by atoms with Crippen LogP contribution in [-0.4, -0.2) is 18.3 Å². The van der Waals surface area contributed by atoms with Crippen molar-refractivity contribution in [2.45, 2.75) is 5.03 Å². The molecule has 1 aromatic rings. The third kappa shape index (κ3) is 1.75. The zero-order valence-corrected chi connectivity index (χ0v) is 8.66. The number of hydrogen-bond donors (Lipinski definition) is 1. The van der Waals surface area contributed by atoms with Crippen molar-refractivity contribution in [1.82, 2.24) is 9.55 Å². The molecule has 0 amide bonds. The van der Waals surface area contributed by atoms with E-state index in [9.17, 15) is 4.21 Å². The van der Waals surface area contributed by atoms with Crippen LogP contribution in [0.5, 0.6) is 0 Å². The van der Waals surface area contributed by atoms with Gasteiger partial charge in [-0.2, -0.15) is 5.10 Å². The van der Waals surface area contributed by atoms with Crippen LogP contribution in [-0.2, 0) is 11.1 Å². The fraction of sp³-hybridized carbons (Fsp3) is 0. The molecule has 0 saturated heterocycles. The van der Waals surface area contributed by atoms with Gasteiger partial charge in [0.1, 0.15) is 0 Å². The molecule has 1 N–H and O–H groups in total. The summed E-state index contributed by atoms with van der Waals surface area (Å²) in [4.78, 5) is 0. The van der Waals surface area contributed by atoms with Gasteiger partial charge in [-0.15, -0.1) is 0 Å². The van der Waals surface area contributed by atoms with Crippen LogP contribution in [0, 0.1) is 0 Å². The van der Waals surface area contributed by atoms with E-state index in [0.29, 0.717) is 11.4 Å². The van der Waals surface area contributed by atoms with Crippen LogP contribution in [0.15, 0.2) is 17.3 Å². The average molecular weight is 290 g/mol. The lowest BCUT2D eigenvalue weighted by molar-refractivity contribution is 0.558. The molecule has 0 spiro atoms. The number of rotatable bonds is 2. The number of aromatic nitrogens is 2. The predicted molar refractivity (Wildman–Crippen MR) is 49.0 cm³/mol. The van der Waals surface area contributed by atoms with E-state index in [1.807, 2.05) is 0 Å². The highest BCUT2D eigenvalue weighted by molar-refractivity contribution is 14.2. The Kier molecular flexibility index (Phi) is 3.22. The fourth-order valence-electron chi connectivity index (χ4n) is 0.487. The number of nitrogens with zero attached hydrogens (tertiary/aromatic N) is 2. The molecule has 0 saturated carbocycles. The van der Waals surface area contributed by atoms with E-state index in [1.54, 1.807) is 0 Å².